The van der Waals surface area contributed by atoms with E-state index in [0.29, 0.717) is 5.75 Å². The van der Waals surface area contributed by atoms with Crippen molar-refractivity contribution in [2.45, 2.75) is 0 Å². The Morgan fingerprint density at radius 2 is 1.18 bits per heavy atom. The molecule has 0 aliphatic rings. The third-order valence-corrected chi connectivity index (χ3v) is 5.70. The van der Waals surface area contributed by atoms with Crippen LogP contribution in [0.15, 0.2) is 134 Å². The van der Waals surface area contributed by atoms with Crippen LogP contribution in [0.1, 0.15) is 0 Å². The molecule has 5 aromatic rings. The van der Waals surface area contributed by atoms with Crippen LogP contribution >= 0.6 is 0 Å². The fraction of sp³-hybridized carbons (Fsp3) is 0. The van der Waals surface area contributed by atoms with Gasteiger partial charge in [0, 0.05) is 23.1 Å². The van der Waals surface area contributed by atoms with E-state index in [1.54, 1.807) is 12.1 Å². The van der Waals surface area contributed by atoms with Gasteiger partial charge in [-0.3, -0.25) is 0 Å². The van der Waals surface area contributed by atoms with E-state index < -0.39 is 5.97 Å². The fourth-order valence-corrected chi connectivity index (χ4v) is 4.02. The normalized spacial score (nSPS) is 10.6. The van der Waals surface area contributed by atoms with Gasteiger partial charge in [-0.15, -0.1) is 0 Å². The molecule has 164 valence electrons. The number of nitrogens with zero attached hydrogens (tertiary/aromatic N) is 1. The van der Waals surface area contributed by atoms with Crippen molar-refractivity contribution in [1.29, 1.82) is 0 Å². The molecule has 0 fully saturated rings. The first-order valence-corrected chi connectivity index (χ1v) is 11.1. The van der Waals surface area contributed by atoms with E-state index in [1.807, 2.05) is 18.2 Å². The van der Waals surface area contributed by atoms with Crippen LogP contribution in [-0.4, -0.2) is 5.97 Å². The van der Waals surface area contributed by atoms with Crippen LogP contribution in [0.25, 0.3) is 21.9 Å². The van der Waals surface area contributed by atoms with Crippen LogP contribution < -0.4 is 9.64 Å². The largest absolute Gasteiger partial charge is 0.423 e. The zero-order valence-electron chi connectivity index (χ0n) is 18.6. The number of hydrogen-bond acceptors (Lipinski definition) is 3. The topological polar surface area (TPSA) is 29.5 Å². The van der Waals surface area contributed by atoms with Crippen molar-refractivity contribution in [3.05, 3.63) is 134 Å². The number of carbonyl (C=O) groups is 1. The summed E-state index contributed by atoms with van der Waals surface area (Å²) >= 11 is 0. The quantitative estimate of drug-likeness (QED) is 0.152. The maximum Gasteiger partial charge on any atom is 0.335 e. The van der Waals surface area contributed by atoms with Gasteiger partial charge in [-0.25, -0.2) is 4.79 Å². The van der Waals surface area contributed by atoms with E-state index in [0.717, 1.165) is 34.3 Å². The first-order valence-electron chi connectivity index (χ1n) is 11.1. The van der Waals surface area contributed by atoms with E-state index in [4.69, 9.17) is 4.74 Å². The second-order valence-corrected chi connectivity index (χ2v) is 7.90. The SMILES string of the molecule is C=CC(=O)Oc1ccc(-c2ccc(N(c3ccccc3)c3ccc4ccccc4c3)cc2)cc1. The summed E-state index contributed by atoms with van der Waals surface area (Å²) in [5.41, 5.74) is 5.39. The number of anilines is 3. The Morgan fingerprint density at radius 3 is 1.85 bits per heavy atom. The number of benzene rings is 5. The van der Waals surface area contributed by atoms with Gasteiger partial charge in [0.1, 0.15) is 5.75 Å². The Bertz CT molecular complexity index is 1440. The van der Waals surface area contributed by atoms with Crippen molar-refractivity contribution in [2.75, 3.05) is 4.90 Å². The molecular weight excluding hydrogens is 418 g/mol. The van der Waals surface area contributed by atoms with Gasteiger partial charge in [0.2, 0.25) is 0 Å². The van der Waals surface area contributed by atoms with Gasteiger partial charge >= 0.3 is 5.97 Å². The Kier molecular flexibility index (Phi) is 5.91. The third-order valence-electron chi connectivity index (χ3n) is 5.70. The highest BCUT2D eigenvalue weighted by Gasteiger charge is 2.13. The van der Waals surface area contributed by atoms with Gasteiger partial charge < -0.3 is 9.64 Å². The van der Waals surface area contributed by atoms with E-state index >= 15 is 0 Å². The number of fused-ring (bicyclic) bond motifs is 1. The zero-order valence-corrected chi connectivity index (χ0v) is 18.6. The van der Waals surface area contributed by atoms with Gasteiger partial charge in [-0.2, -0.15) is 0 Å². The highest BCUT2D eigenvalue weighted by Crippen LogP contribution is 2.37. The molecule has 0 radical (unpaired) electrons. The van der Waals surface area contributed by atoms with E-state index in [9.17, 15) is 4.79 Å². The number of esters is 1. The molecule has 0 bridgehead atoms. The Labute approximate surface area is 199 Å². The second kappa shape index (κ2) is 9.47. The summed E-state index contributed by atoms with van der Waals surface area (Å²) in [4.78, 5) is 13.7. The third kappa shape index (κ3) is 4.45. The van der Waals surface area contributed by atoms with Gasteiger partial charge in [-0.1, -0.05) is 79.4 Å². The monoisotopic (exact) mass is 441 g/mol. The first kappa shape index (κ1) is 21.2. The number of para-hydroxylation sites is 1. The van der Waals surface area contributed by atoms with Crippen LogP contribution in [0.4, 0.5) is 17.1 Å². The molecule has 0 aliphatic carbocycles. The molecular formula is C31H23NO2. The summed E-state index contributed by atoms with van der Waals surface area (Å²) < 4.78 is 5.17. The average Bonchev–Trinajstić information content (AvgIpc) is 2.90. The van der Waals surface area contributed by atoms with Crippen LogP contribution in [0.2, 0.25) is 0 Å². The van der Waals surface area contributed by atoms with Crippen LogP contribution in [0, 0.1) is 0 Å². The van der Waals surface area contributed by atoms with Gasteiger partial charge in [0.15, 0.2) is 0 Å². The standard InChI is InChI=1S/C31H23NO2/c1-2-31(33)34-30-20-15-25(16-21-30)24-12-17-28(18-13-24)32(27-10-4-3-5-11-27)29-19-14-23-8-6-7-9-26(23)22-29/h2-22H,1H2. The maximum absolute atomic E-state index is 11.4. The maximum atomic E-state index is 11.4. The van der Waals surface area contributed by atoms with E-state index in [1.165, 1.54) is 10.8 Å². The highest BCUT2D eigenvalue weighted by molar-refractivity contribution is 5.89. The molecule has 34 heavy (non-hydrogen) atoms. The van der Waals surface area contributed by atoms with Crippen LogP contribution in [0.3, 0.4) is 0 Å². The van der Waals surface area contributed by atoms with Crippen molar-refractivity contribution in [3.63, 3.8) is 0 Å². The lowest BCUT2D eigenvalue weighted by molar-refractivity contribution is -0.128. The van der Waals surface area contributed by atoms with Crippen molar-refractivity contribution in [3.8, 4) is 16.9 Å². The molecule has 0 saturated heterocycles. The summed E-state index contributed by atoms with van der Waals surface area (Å²) in [6.07, 6.45) is 1.15. The lowest BCUT2D eigenvalue weighted by Crippen LogP contribution is -2.09. The molecule has 0 atom stereocenters. The number of rotatable bonds is 6. The Hall–Kier alpha value is -4.63. The summed E-state index contributed by atoms with van der Waals surface area (Å²) in [6.45, 7) is 3.42. The lowest BCUT2D eigenvalue weighted by atomic mass is 10.0. The predicted octanol–water partition coefficient (Wildman–Crippen LogP) is 8.07. The molecule has 0 amide bonds. The first-order chi connectivity index (χ1) is 16.7. The molecule has 0 spiro atoms. The van der Waals surface area contributed by atoms with Crippen molar-refractivity contribution < 1.29 is 9.53 Å². The zero-order chi connectivity index (χ0) is 23.3. The molecule has 0 aromatic heterocycles. The summed E-state index contributed by atoms with van der Waals surface area (Å²) in [5, 5.41) is 2.42. The smallest absolute Gasteiger partial charge is 0.335 e. The number of carbonyl (C=O) groups excluding carboxylic acids is 1. The molecule has 5 aromatic carbocycles. The average molecular weight is 442 g/mol. The fourth-order valence-electron chi connectivity index (χ4n) is 4.02. The van der Waals surface area contributed by atoms with Crippen molar-refractivity contribution in [2.24, 2.45) is 0 Å². The van der Waals surface area contributed by atoms with Crippen LogP contribution in [0.5, 0.6) is 5.75 Å². The Morgan fingerprint density at radius 1 is 0.618 bits per heavy atom. The summed E-state index contributed by atoms with van der Waals surface area (Å²) in [7, 11) is 0. The molecule has 3 nitrogen and oxygen atoms in total. The van der Waals surface area contributed by atoms with E-state index in [2.05, 4.69) is 102 Å². The summed E-state index contributed by atoms with van der Waals surface area (Å²) in [6, 6.07) is 41.2. The van der Waals surface area contributed by atoms with Gasteiger partial charge in [0.05, 0.1) is 0 Å². The second-order valence-electron chi connectivity index (χ2n) is 7.90. The lowest BCUT2D eigenvalue weighted by Gasteiger charge is -2.26. The molecule has 0 aliphatic heterocycles. The Balaban J connectivity index is 1.49. The highest BCUT2D eigenvalue weighted by atomic mass is 16.5. The minimum atomic E-state index is -0.466. The minimum absolute atomic E-state index is 0.466. The molecule has 3 heteroatoms. The van der Waals surface area contributed by atoms with Gasteiger partial charge in [-0.05, 0) is 70.4 Å². The molecule has 0 unspecified atom stereocenters. The predicted molar refractivity (Wildman–Crippen MR) is 140 cm³/mol. The van der Waals surface area contributed by atoms with Crippen LogP contribution in [-0.2, 0) is 4.79 Å². The summed E-state index contributed by atoms with van der Waals surface area (Å²) in [5.74, 6) is 0.0311. The minimum Gasteiger partial charge on any atom is -0.423 e. The van der Waals surface area contributed by atoms with Gasteiger partial charge in [0.25, 0.3) is 0 Å². The number of ether oxygens (including phenoxy) is 1. The van der Waals surface area contributed by atoms with E-state index in [-0.39, 0.29) is 0 Å². The molecule has 0 heterocycles. The number of hydrogen-bond donors (Lipinski definition) is 0. The molecule has 5 rings (SSSR count). The van der Waals surface area contributed by atoms with Crippen molar-refractivity contribution >= 4 is 33.8 Å². The van der Waals surface area contributed by atoms with Crippen molar-refractivity contribution in [1.82, 2.24) is 0 Å². The molecule has 0 saturated carbocycles. The molecule has 0 N–H and O–H groups in total.